The minimum Gasteiger partial charge on any atom is -0.467 e. The van der Waals surface area contributed by atoms with Crippen molar-refractivity contribution in [2.75, 3.05) is 12.4 Å². The average molecular weight is 266 g/mol. The SMILES string of the molecule is COC(=O)C(Nc1ccccc1F)c1nccs1. The van der Waals surface area contributed by atoms with Crippen LogP contribution < -0.4 is 5.32 Å². The molecule has 4 nitrogen and oxygen atoms in total. The first-order valence-corrected chi connectivity index (χ1v) is 6.08. The molecular formula is C12H11FN2O2S. The van der Waals surface area contributed by atoms with E-state index in [1.54, 1.807) is 29.8 Å². The van der Waals surface area contributed by atoms with Crippen molar-refractivity contribution in [2.24, 2.45) is 0 Å². The molecule has 0 bridgehead atoms. The molecule has 0 radical (unpaired) electrons. The molecular weight excluding hydrogens is 255 g/mol. The van der Waals surface area contributed by atoms with Crippen LogP contribution in [0.2, 0.25) is 0 Å². The fourth-order valence-corrected chi connectivity index (χ4v) is 2.12. The monoisotopic (exact) mass is 266 g/mol. The van der Waals surface area contributed by atoms with Crippen molar-refractivity contribution in [3.05, 3.63) is 46.7 Å². The number of para-hydroxylation sites is 1. The van der Waals surface area contributed by atoms with Gasteiger partial charge in [0.1, 0.15) is 10.8 Å². The number of nitrogens with zero attached hydrogens (tertiary/aromatic N) is 1. The molecule has 0 fully saturated rings. The fourth-order valence-electron chi connectivity index (χ4n) is 1.45. The second-order valence-corrected chi connectivity index (χ2v) is 4.38. The lowest BCUT2D eigenvalue weighted by molar-refractivity contribution is -0.141. The van der Waals surface area contributed by atoms with Crippen LogP contribution in [0.1, 0.15) is 11.0 Å². The van der Waals surface area contributed by atoms with E-state index in [1.807, 2.05) is 0 Å². The van der Waals surface area contributed by atoms with Crippen LogP contribution in [0.15, 0.2) is 35.8 Å². The first-order valence-electron chi connectivity index (χ1n) is 5.20. The van der Waals surface area contributed by atoms with Crippen LogP contribution >= 0.6 is 11.3 Å². The standard InChI is InChI=1S/C12H11FN2O2S/c1-17-12(16)10(11-14-6-7-18-11)15-9-5-3-2-4-8(9)13/h2-7,10,15H,1H3. The smallest absolute Gasteiger partial charge is 0.335 e. The summed E-state index contributed by atoms with van der Waals surface area (Å²) < 4.78 is 18.2. The number of anilines is 1. The summed E-state index contributed by atoms with van der Waals surface area (Å²) in [5.74, 6) is -0.934. The number of esters is 1. The Morgan fingerprint density at radius 3 is 2.89 bits per heavy atom. The Kier molecular flexibility index (Phi) is 3.88. The maximum absolute atomic E-state index is 13.5. The highest BCUT2D eigenvalue weighted by Gasteiger charge is 2.24. The minimum absolute atomic E-state index is 0.239. The number of hydrogen-bond acceptors (Lipinski definition) is 5. The molecule has 2 rings (SSSR count). The maximum Gasteiger partial charge on any atom is 0.335 e. The fraction of sp³-hybridized carbons (Fsp3) is 0.167. The molecule has 0 amide bonds. The highest BCUT2D eigenvalue weighted by Crippen LogP contribution is 2.24. The second-order valence-electron chi connectivity index (χ2n) is 3.45. The summed E-state index contributed by atoms with van der Waals surface area (Å²) in [7, 11) is 1.28. The van der Waals surface area contributed by atoms with Crippen molar-refractivity contribution in [2.45, 2.75) is 6.04 Å². The molecule has 1 aromatic heterocycles. The Balaban J connectivity index is 2.26. The molecule has 0 saturated carbocycles. The lowest BCUT2D eigenvalue weighted by Crippen LogP contribution is -2.22. The number of ether oxygens (including phenoxy) is 1. The van der Waals surface area contributed by atoms with Gasteiger partial charge < -0.3 is 10.1 Å². The summed E-state index contributed by atoms with van der Waals surface area (Å²) in [6.45, 7) is 0. The van der Waals surface area contributed by atoms with Crippen molar-refractivity contribution in [3.8, 4) is 0 Å². The number of hydrogen-bond donors (Lipinski definition) is 1. The van der Waals surface area contributed by atoms with Gasteiger partial charge in [-0.15, -0.1) is 11.3 Å². The molecule has 94 valence electrons. The number of rotatable bonds is 4. The lowest BCUT2D eigenvalue weighted by atomic mass is 10.2. The molecule has 1 N–H and O–H groups in total. The number of carbonyl (C=O) groups is 1. The Morgan fingerprint density at radius 2 is 2.28 bits per heavy atom. The quantitative estimate of drug-likeness (QED) is 0.864. The molecule has 0 spiro atoms. The van der Waals surface area contributed by atoms with Crippen molar-refractivity contribution in [1.29, 1.82) is 0 Å². The van der Waals surface area contributed by atoms with E-state index in [1.165, 1.54) is 24.5 Å². The number of benzene rings is 1. The summed E-state index contributed by atoms with van der Waals surface area (Å²) in [6.07, 6.45) is 1.58. The highest BCUT2D eigenvalue weighted by atomic mass is 32.1. The zero-order valence-corrected chi connectivity index (χ0v) is 10.4. The van der Waals surface area contributed by atoms with Crippen LogP contribution in [0, 0.1) is 5.82 Å². The molecule has 18 heavy (non-hydrogen) atoms. The third kappa shape index (κ3) is 2.65. The highest BCUT2D eigenvalue weighted by molar-refractivity contribution is 7.09. The van der Waals surface area contributed by atoms with Gasteiger partial charge in [-0.2, -0.15) is 0 Å². The van der Waals surface area contributed by atoms with E-state index in [9.17, 15) is 9.18 Å². The van der Waals surface area contributed by atoms with Gasteiger partial charge in [-0.05, 0) is 12.1 Å². The normalized spacial score (nSPS) is 11.9. The van der Waals surface area contributed by atoms with Crippen molar-refractivity contribution < 1.29 is 13.9 Å². The summed E-state index contributed by atoms with van der Waals surface area (Å²) >= 11 is 1.30. The Bertz CT molecular complexity index is 531. The first-order chi connectivity index (χ1) is 8.72. The number of aromatic nitrogens is 1. The molecule has 0 saturated heterocycles. The van der Waals surface area contributed by atoms with Gasteiger partial charge in [-0.25, -0.2) is 14.2 Å². The molecule has 2 aromatic rings. The minimum atomic E-state index is -0.799. The van der Waals surface area contributed by atoms with Crippen LogP contribution in [0.25, 0.3) is 0 Å². The summed E-state index contributed by atoms with van der Waals surface area (Å²) in [5.41, 5.74) is 0.239. The third-order valence-corrected chi connectivity index (χ3v) is 3.15. The van der Waals surface area contributed by atoms with Crippen LogP contribution in [0.5, 0.6) is 0 Å². The van der Waals surface area contributed by atoms with Crippen molar-refractivity contribution in [1.82, 2.24) is 4.98 Å². The van der Waals surface area contributed by atoms with Crippen molar-refractivity contribution >= 4 is 23.0 Å². The van der Waals surface area contributed by atoms with E-state index < -0.39 is 17.8 Å². The van der Waals surface area contributed by atoms with E-state index >= 15 is 0 Å². The molecule has 0 aliphatic carbocycles. The predicted octanol–water partition coefficient (Wildman–Crippen LogP) is 2.61. The van der Waals surface area contributed by atoms with E-state index in [-0.39, 0.29) is 5.69 Å². The van der Waals surface area contributed by atoms with Gasteiger partial charge in [0, 0.05) is 11.6 Å². The third-order valence-electron chi connectivity index (χ3n) is 2.31. The van der Waals surface area contributed by atoms with E-state index in [0.717, 1.165) is 0 Å². The van der Waals surface area contributed by atoms with E-state index in [4.69, 9.17) is 4.74 Å². The number of nitrogens with one attached hydrogen (secondary N) is 1. The molecule has 1 atom stereocenters. The Labute approximate surface area is 107 Å². The Hall–Kier alpha value is -1.95. The molecule has 6 heteroatoms. The topological polar surface area (TPSA) is 51.2 Å². The maximum atomic E-state index is 13.5. The molecule has 1 unspecified atom stereocenters. The van der Waals surface area contributed by atoms with Crippen LogP contribution in [-0.2, 0) is 9.53 Å². The molecule has 1 aromatic carbocycles. The summed E-state index contributed by atoms with van der Waals surface area (Å²) in [5, 5.41) is 5.08. The zero-order valence-electron chi connectivity index (χ0n) is 9.59. The Morgan fingerprint density at radius 1 is 1.50 bits per heavy atom. The second kappa shape index (κ2) is 5.59. The van der Waals surface area contributed by atoms with Gasteiger partial charge >= 0.3 is 5.97 Å². The van der Waals surface area contributed by atoms with E-state index in [2.05, 4.69) is 10.3 Å². The van der Waals surface area contributed by atoms with E-state index in [0.29, 0.717) is 5.01 Å². The number of carbonyl (C=O) groups excluding carboxylic acids is 1. The first kappa shape index (κ1) is 12.5. The zero-order chi connectivity index (χ0) is 13.0. The van der Waals surface area contributed by atoms with Crippen LogP contribution in [0.3, 0.4) is 0 Å². The van der Waals surface area contributed by atoms with Crippen LogP contribution in [-0.4, -0.2) is 18.1 Å². The molecule has 0 aliphatic heterocycles. The number of methoxy groups -OCH3 is 1. The van der Waals surface area contributed by atoms with Crippen LogP contribution in [0.4, 0.5) is 10.1 Å². The average Bonchev–Trinajstić information content (AvgIpc) is 2.90. The van der Waals surface area contributed by atoms with Gasteiger partial charge in [-0.1, -0.05) is 12.1 Å². The van der Waals surface area contributed by atoms with Gasteiger partial charge in [-0.3, -0.25) is 0 Å². The predicted molar refractivity (Wildman–Crippen MR) is 66.9 cm³/mol. The summed E-state index contributed by atoms with van der Waals surface area (Å²) in [6, 6.07) is 5.34. The van der Waals surface area contributed by atoms with Gasteiger partial charge in [0.05, 0.1) is 12.8 Å². The van der Waals surface area contributed by atoms with Gasteiger partial charge in [0.25, 0.3) is 0 Å². The number of halogens is 1. The lowest BCUT2D eigenvalue weighted by Gasteiger charge is -2.15. The van der Waals surface area contributed by atoms with Gasteiger partial charge in [0.2, 0.25) is 0 Å². The molecule has 1 heterocycles. The van der Waals surface area contributed by atoms with Gasteiger partial charge in [0.15, 0.2) is 6.04 Å². The molecule has 0 aliphatic rings. The number of thiazole rings is 1. The summed E-state index contributed by atoms with van der Waals surface area (Å²) in [4.78, 5) is 15.7. The largest absolute Gasteiger partial charge is 0.467 e. The van der Waals surface area contributed by atoms with Crippen molar-refractivity contribution in [3.63, 3.8) is 0 Å².